The minimum atomic E-state index is -0.290. The molecule has 0 spiro atoms. The van der Waals surface area contributed by atoms with Gasteiger partial charge in [-0.2, -0.15) is 5.10 Å². The lowest BCUT2D eigenvalue weighted by Gasteiger charge is -2.26. The summed E-state index contributed by atoms with van der Waals surface area (Å²) in [5.74, 6) is 0.602. The fourth-order valence-corrected chi connectivity index (χ4v) is 3.44. The summed E-state index contributed by atoms with van der Waals surface area (Å²) in [5, 5.41) is 4.02. The molecular weight excluding hydrogens is 513 g/mol. The number of carbonyl (C=O) groups excluding carboxylic acids is 2. The van der Waals surface area contributed by atoms with Crippen LogP contribution in [-0.2, 0) is 9.53 Å². The molecule has 3 rings (SSSR count). The minimum absolute atomic E-state index is 0.0700. The summed E-state index contributed by atoms with van der Waals surface area (Å²) in [6.45, 7) is 4.48. The van der Waals surface area contributed by atoms with Crippen molar-refractivity contribution in [1.29, 1.82) is 0 Å². The van der Waals surface area contributed by atoms with Gasteiger partial charge in [0.2, 0.25) is 0 Å². The molecule has 164 valence electrons. The highest BCUT2D eigenvalue weighted by Gasteiger charge is 2.18. The van der Waals surface area contributed by atoms with Crippen molar-refractivity contribution < 1.29 is 23.8 Å². The highest BCUT2D eigenvalue weighted by Crippen LogP contribution is 2.28. The summed E-state index contributed by atoms with van der Waals surface area (Å²) in [6, 6.07) is 12.5. The lowest BCUT2D eigenvalue weighted by molar-refractivity contribution is -0.137. The molecule has 2 aromatic rings. The Morgan fingerprint density at radius 1 is 1.16 bits per heavy atom. The number of carbonyl (C=O) groups is 2. The van der Waals surface area contributed by atoms with Crippen molar-refractivity contribution in [2.45, 2.75) is 6.92 Å². The van der Waals surface area contributed by atoms with E-state index in [1.54, 1.807) is 35.2 Å². The SMILES string of the molecule is CCOc1cc(/C=N\NC(=O)c2cccc(I)c2)ccc1OCC(=O)N1CCOCC1. The van der Waals surface area contributed by atoms with E-state index in [0.717, 1.165) is 9.13 Å². The van der Waals surface area contributed by atoms with Gasteiger partial charge in [-0.1, -0.05) is 6.07 Å². The van der Waals surface area contributed by atoms with Crippen LogP contribution in [0.3, 0.4) is 0 Å². The smallest absolute Gasteiger partial charge is 0.271 e. The summed E-state index contributed by atoms with van der Waals surface area (Å²) in [5.41, 5.74) is 3.77. The van der Waals surface area contributed by atoms with E-state index in [-0.39, 0.29) is 18.4 Å². The van der Waals surface area contributed by atoms with E-state index in [2.05, 4.69) is 33.1 Å². The third-order valence-electron chi connectivity index (χ3n) is 4.45. The zero-order valence-corrected chi connectivity index (χ0v) is 19.3. The number of hydrogen-bond acceptors (Lipinski definition) is 6. The van der Waals surface area contributed by atoms with Gasteiger partial charge in [-0.3, -0.25) is 9.59 Å². The van der Waals surface area contributed by atoms with Crippen molar-refractivity contribution in [3.05, 3.63) is 57.2 Å². The molecular formula is C22H24IN3O5. The van der Waals surface area contributed by atoms with Crippen LogP contribution in [-0.4, -0.2) is 62.4 Å². The normalized spacial score (nSPS) is 13.8. The van der Waals surface area contributed by atoms with Crippen LogP contribution in [0.2, 0.25) is 0 Å². The number of halogens is 1. The maximum atomic E-state index is 12.3. The van der Waals surface area contributed by atoms with Gasteiger partial charge in [0.25, 0.3) is 11.8 Å². The number of hydrazone groups is 1. The number of morpholine rings is 1. The maximum absolute atomic E-state index is 12.3. The van der Waals surface area contributed by atoms with Gasteiger partial charge in [0.15, 0.2) is 18.1 Å². The molecule has 31 heavy (non-hydrogen) atoms. The summed E-state index contributed by atoms with van der Waals surface area (Å²) in [6.07, 6.45) is 1.52. The number of nitrogens with zero attached hydrogens (tertiary/aromatic N) is 2. The number of benzene rings is 2. The van der Waals surface area contributed by atoms with Gasteiger partial charge in [0.05, 0.1) is 26.0 Å². The van der Waals surface area contributed by atoms with Crippen LogP contribution in [0.1, 0.15) is 22.8 Å². The Bertz CT molecular complexity index is 944. The molecule has 0 saturated carbocycles. The van der Waals surface area contributed by atoms with Gasteiger partial charge in [-0.15, -0.1) is 0 Å². The Balaban J connectivity index is 1.60. The van der Waals surface area contributed by atoms with Gasteiger partial charge in [0.1, 0.15) is 0 Å². The first kappa shape index (κ1) is 23.0. The molecule has 0 radical (unpaired) electrons. The topological polar surface area (TPSA) is 89.5 Å². The van der Waals surface area contributed by atoms with Crippen molar-refractivity contribution >= 4 is 40.6 Å². The molecule has 1 heterocycles. The molecule has 0 bridgehead atoms. The highest BCUT2D eigenvalue weighted by atomic mass is 127. The number of rotatable bonds is 8. The second kappa shape index (κ2) is 11.7. The lowest BCUT2D eigenvalue weighted by Crippen LogP contribution is -2.43. The Morgan fingerprint density at radius 2 is 1.97 bits per heavy atom. The Labute approximate surface area is 194 Å². The number of nitrogens with one attached hydrogen (secondary N) is 1. The molecule has 1 aliphatic heterocycles. The van der Waals surface area contributed by atoms with E-state index in [9.17, 15) is 9.59 Å². The van der Waals surface area contributed by atoms with Gasteiger partial charge in [-0.05, 0) is 71.5 Å². The molecule has 0 unspecified atom stereocenters. The molecule has 1 N–H and O–H groups in total. The largest absolute Gasteiger partial charge is 0.490 e. The van der Waals surface area contributed by atoms with E-state index in [1.165, 1.54) is 6.21 Å². The highest BCUT2D eigenvalue weighted by molar-refractivity contribution is 14.1. The first-order chi connectivity index (χ1) is 15.1. The monoisotopic (exact) mass is 537 g/mol. The molecule has 2 aromatic carbocycles. The van der Waals surface area contributed by atoms with Crippen LogP contribution in [0.25, 0.3) is 0 Å². The zero-order chi connectivity index (χ0) is 22.1. The van der Waals surface area contributed by atoms with Crippen molar-refractivity contribution in [2.24, 2.45) is 5.10 Å². The first-order valence-corrected chi connectivity index (χ1v) is 11.0. The van der Waals surface area contributed by atoms with Crippen molar-refractivity contribution in [3.8, 4) is 11.5 Å². The van der Waals surface area contributed by atoms with Crippen LogP contribution in [0.5, 0.6) is 11.5 Å². The number of hydrogen-bond donors (Lipinski definition) is 1. The summed E-state index contributed by atoms with van der Waals surface area (Å²) in [7, 11) is 0. The molecule has 8 nitrogen and oxygen atoms in total. The Hall–Kier alpha value is -2.66. The molecule has 0 aromatic heterocycles. The average Bonchev–Trinajstić information content (AvgIpc) is 2.79. The molecule has 9 heteroatoms. The maximum Gasteiger partial charge on any atom is 0.271 e. The standard InChI is InChI=1S/C22H24IN3O5/c1-2-30-20-12-16(14-24-25-22(28)17-4-3-5-18(23)13-17)6-7-19(20)31-15-21(27)26-8-10-29-11-9-26/h3-7,12-14H,2,8-11,15H2,1H3,(H,25,28)/b24-14-. The van der Waals surface area contributed by atoms with Crippen molar-refractivity contribution in [1.82, 2.24) is 10.3 Å². The molecule has 0 aliphatic carbocycles. The van der Waals surface area contributed by atoms with E-state index >= 15 is 0 Å². The summed E-state index contributed by atoms with van der Waals surface area (Å²) >= 11 is 2.15. The van der Waals surface area contributed by atoms with Crippen LogP contribution >= 0.6 is 22.6 Å². The quantitative estimate of drug-likeness (QED) is 0.318. The van der Waals surface area contributed by atoms with E-state index in [4.69, 9.17) is 14.2 Å². The zero-order valence-electron chi connectivity index (χ0n) is 17.2. The number of amides is 2. The summed E-state index contributed by atoms with van der Waals surface area (Å²) < 4.78 is 17.6. The third kappa shape index (κ3) is 6.93. The van der Waals surface area contributed by atoms with E-state index < -0.39 is 0 Å². The molecule has 2 amide bonds. The minimum Gasteiger partial charge on any atom is -0.490 e. The van der Waals surface area contributed by atoms with Crippen LogP contribution < -0.4 is 14.9 Å². The predicted octanol–water partition coefficient (Wildman–Crippen LogP) is 2.69. The van der Waals surface area contributed by atoms with Gasteiger partial charge in [-0.25, -0.2) is 5.43 Å². The van der Waals surface area contributed by atoms with Crippen molar-refractivity contribution in [3.63, 3.8) is 0 Å². The molecule has 0 atom stereocenters. The summed E-state index contributed by atoms with van der Waals surface area (Å²) in [4.78, 5) is 26.2. The first-order valence-electron chi connectivity index (χ1n) is 9.91. The molecule has 1 fully saturated rings. The average molecular weight is 537 g/mol. The predicted molar refractivity (Wildman–Crippen MR) is 125 cm³/mol. The van der Waals surface area contributed by atoms with E-state index in [0.29, 0.717) is 50.0 Å². The van der Waals surface area contributed by atoms with Crippen LogP contribution in [0.15, 0.2) is 47.6 Å². The third-order valence-corrected chi connectivity index (χ3v) is 5.12. The van der Waals surface area contributed by atoms with Gasteiger partial charge < -0.3 is 19.1 Å². The van der Waals surface area contributed by atoms with Gasteiger partial charge in [0, 0.05) is 22.2 Å². The lowest BCUT2D eigenvalue weighted by atomic mass is 10.2. The second-order valence-electron chi connectivity index (χ2n) is 6.63. The Morgan fingerprint density at radius 3 is 2.71 bits per heavy atom. The van der Waals surface area contributed by atoms with E-state index in [1.807, 2.05) is 19.1 Å². The van der Waals surface area contributed by atoms with Gasteiger partial charge >= 0.3 is 0 Å². The molecule has 1 saturated heterocycles. The molecule has 1 aliphatic rings. The van der Waals surface area contributed by atoms with Crippen molar-refractivity contribution in [2.75, 3.05) is 39.5 Å². The second-order valence-corrected chi connectivity index (χ2v) is 7.88. The number of ether oxygens (including phenoxy) is 3. The fourth-order valence-electron chi connectivity index (χ4n) is 2.90. The fraction of sp³-hybridized carbons (Fsp3) is 0.318. The Kier molecular flexibility index (Phi) is 8.65. The van der Waals surface area contributed by atoms with Crippen LogP contribution in [0.4, 0.5) is 0 Å². The van der Waals surface area contributed by atoms with Crippen LogP contribution in [0, 0.1) is 3.57 Å².